The summed E-state index contributed by atoms with van der Waals surface area (Å²) in [5, 5.41) is 0. The number of aromatic nitrogens is 1. The fourth-order valence-electron chi connectivity index (χ4n) is 0.878. The van der Waals surface area contributed by atoms with E-state index in [9.17, 15) is 13.2 Å². The van der Waals surface area contributed by atoms with E-state index >= 15 is 0 Å². The van der Waals surface area contributed by atoms with Crippen LogP contribution in [0.25, 0.3) is 0 Å². The third kappa shape index (κ3) is 1.60. The highest BCUT2D eigenvalue weighted by Crippen LogP contribution is 2.34. The van der Waals surface area contributed by atoms with E-state index in [1.54, 1.807) is 13.8 Å². The van der Waals surface area contributed by atoms with Gasteiger partial charge in [-0.05, 0) is 5.92 Å². The lowest BCUT2D eigenvalue weighted by Crippen LogP contribution is -2.08. The Hall–Kier alpha value is -1.00. The molecular weight excluding hydrogens is 171 g/mol. The third-order valence-corrected chi connectivity index (χ3v) is 1.40. The predicted molar refractivity (Wildman–Crippen MR) is 35.6 cm³/mol. The molecule has 12 heavy (non-hydrogen) atoms. The summed E-state index contributed by atoms with van der Waals surface area (Å²) in [5.41, 5.74) is -0.0394. The van der Waals surface area contributed by atoms with Crippen molar-refractivity contribution in [2.45, 2.75) is 25.9 Å². The standard InChI is InChI=1S/C7H8F3NO/c1-4(2)5-6(7(8,9)10)12-3-11-5/h3-4H,1-2H3. The Morgan fingerprint density at radius 3 is 2.33 bits per heavy atom. The number of alkyl halides is 3. The molecule has 0 aliphatic carbocycles. The predicted octanol–water partition coefficient (Wildman–Crippen LogP) is 2.82. The molecule has 0 bridgehead atoms. The maximum absolute atomic E-state index is 12.1. The minimum absolute atomic E-state index is 0.0394. The van der Waals surface area contributed by atoms with Crippen molar-refractivity contribution in [1.29, 1.82) is 0 Å². The van der Waals surface area contributed by atoms with Crippen molar-refractivity contribution in [2.24, 2.45) is 0 Å². The minimum atomic E-state index is -4.43. The quantitative estimate of drug-likeness (QED) is 0.662. The van der Waals surface area contributed by atoms with Crippen LogP contribution in [0.3, 0.4) is 0 Å². The summed E-state index contributed by atoms with van der Waals surface area (Å²) in [7, 11) is 0. The molecule has 0 saturated heterocycles. The second-order valence-corrected chi connectivity index (χ2v) is 2.72. The molecule has 0 aliphatic rings. The molecule has 1 rings (SSSR count). The number of oxazole rings is 1. The van der Waals surface area contributed by atoms with Crippen LogP contribution in [0.2, 0.25) is 0 Å². The number of hydrogen-bond acceptors (Lipinski definition) is 2. The van der Waals surface area contributed by atoms with Crippen LogP contribution in [0.15, 0.2) is 10.8 Å². The summed E-state index contributed by atoms with van der Waals surface area (Å²) >= 11 is 0. The first kappa shape index (κ1) is 9.09. The normalized spacial score (nSPS) is 12.5. The monoisotopic (exact) mass is 179 g/mol. The van der Waals surface area contributed by atoms with Gasteiger partial charge in [0.2, 0.25) is 5.76 Å². The fraction of sp³-hybridized carbons (Fsp3) is 0.571. The van der Waals surface area contributed by atoms with E-state index in [2.05, 4.69) is 9.40 Å². The zero-order chi connectivity index (χ0) is 9.35. The first-order valence-corrected chi connectivity index (χ1v) is 3.43. The van der Waals surface area contributed by atoms with E-state index in [4.69, 9.17) is 0 Å². The largest absolute Gasteiger partial charge is 0.451 e. The van der Waals surface area contributed by atoms with Gasteiger partial charge >= 0.3 is 6.18 Å². The second-order valence-electron chi connectivity index (χ2n) is 2.72. The van der Waals surface area contributed by atoms with Crippen LogP contribution in [0, 0.1) is 0 Å². The maximum atomic E-state index is 12.1. The van der Waals surface area contributed by atoms with Gasteiger partial charge in [-0.1, -0.05) is 13.8 Å². The summed E-state index contributed by atoms with van der Waals surface area (Å²) in [4.78, 5) is 3.50. The molecule has 1 aromatic heterocycles. The first-order valence-electron chi connectivity index (χ1n) is 3.43. The summed E-state index contributed by atoms with van der Waals surface area (Å²) in [6.45, 7) is 3.26. The molecule has 0 unspecified atom stereocenters. The Morgan fingerprint density at radius 2 is 2.00 bits per heavy atom. The maximum Gasteiger partial charge on any atom is 0.451 e. The van der Waals surface area contributed by atoms with Crippen molar-refractivity contribution in [3.63, 3.8) is 0 Å². The van der Waals surface area contributed by atoms with Crippen molar-refractivity contribution in [2.75, 3.05) is 0 Å². The Balaban J connectivity index is 3.08. The Morgan fingerprint density at radius 1 is 1.42 bits per heavy atom. The molecule has 0 radical (unpaired) electrons. The summed E-state index contributed by atoms with van der Waals surface area (Å²) in [5.74, 6) is -1.27. The molecule has 0 aromatic carbocycles. The van der Waals surface area contributed by atoms with Crippen LogP contribution in [-0.4, -0.2) is 4.98 Å². The van der Waals surface area contributed by atoms with Crippen molar-refractivity contribution < 1.29 is 17.6 Å². The van der Waals surface area contributed by atoms with Crippen molar-refractivity contribution in [1.82, 2.24) is 4.98 Å². The molecule has 1 heterocycles. The van der Waals surface area contributed by atoms with Gasteiger partial charge in [0.25, 0.3) is 0 Å². The third-order valence-electron chi connectivity index (χ3n) is 1.40. The van der Waals surface area contributed by atoms with Crippen molar-refractivity contribution in [3.05, 3.63) is 17.8 Å². The van der Waals surface area contributed by atoms with E-state index in [0.717, 1.165) is 6.39 Å². The van der Waals surface area contributed by atoms with Crippen molar-refractivity contribution in [3.8, 4) is 0 Å². The fourth-order valence-corrected chi connectivity index (χ4v) is 0.878. The molecular formula is C7H8F3NO. The molecule has 2 nitrogen and oxygen atoms in total. The van der Waals surface area contributed by atoms with Gasteiger partial charge in [0.05, 0.1) is 5.69 Å². The Kier molecular flexibility index (Phi) is 2.12. The van der Waals surface area contributed by atoms with Gasteiger partial charge in [-0.3, -0.25) is 0 Å². The summed E-state index contributed by atoms with van der Waals surface area (Å²) in [6.07, 6.45) is -3.62. The van der Waals surface area contributed by atoms with Crippen LogP contribution in [-0.2, 0) is 6.18 Å². The number of rotatable bonds is 1. The lowest BCUT2D eigenvalue weighted by atomic mass is 10.1. The minimum Gasteiger partial charge on any atom is -0.439 e. The van der Waals surface area contributed by atoms with E-state index in [1.165, 1.54) is 0 Å². The van der Waals surface area contributed by atoms with Gasteiger partial charge < -0.3 is 4.42 Å². The van der Waals surface area contributed by atoms with Gasteiger partial charge in [-0.25, -0.2) is 4.98 Å². The Labute approximate surface area is 67.4 Å². The molecule has 0 amide bonds. The molecule has 0 spiro atoms. The highest BCUT2D eigenvalue weighted by molar-refractivity contribution is 5.14. The lowest BCUT2D eigenvalue weighted by molar-refractivity contribution is -0.153. The zero-order valence-electron chi connectivity index (χ0n) is 6.64. The topological polar surface area (TPSA) is 26.0 Å². The highest BCUT2D eigenvalue weighted by Gasteiger charge is 2.38. The van der Waals surface area contributed by atoms with Crippen LogP contribution in [0.4, 0.5) is 13.2 Å². The van der Waals surface area contributed by atoms with Gasteiger partial charge in [0.15, 0.2) is 6.39 Å². The van der Waals surface area contributed by atoms with E-state index in [-0.39, 0.29) is 11.6 Å². The molecule has 0 atom stereocenters. The number of nitrogens with zero attached hydrogens (tertiary/aromatic N) is 1. The summed E-state index contributed by atoms with van der Waals surface area (Å²) in [6, 6.07) is 0. The van der Waals surface area contributed by atoms with Gasteiger partial charge in [-0.2, -0.15) is 13.2 Å². The van der Waals surface area contributed by atoms with Gasteiger partial charge in [0.1, 0.15) is 0 Å². The smallest absolute Gasteiger partial charge is 0.439 e. The van der Waals surface area contributed by atoms with Crippen LogP contribution >= 0.6 is 0 Å². The van der Waals surface area contributed by atoms with E-state index in [1.807, 2.05) is 0 Å². The first-order chi connectivity index (χ1) is 5.43. The molecule has 0 fully saturated rings. The van der Waals surface area contributed by atoms with Gasteiger partial charge in [-0.15, -0.1) is 0 Å². The summed E-state index contributed by atoms with van der Waals surface area (Å²) < 4.78 is 40.6. The average Bonchev–Trinajstić information content (AvgIpc) is 2.30. The highest BCUT2D eigenvalue weighted by atomic mass is 19.4. The average molecular weight is 179 g/mol. The number of halogens is 3. The van der Waals surface area contributed by atoms with Crippen molar-refractivity contribution >= 4 is 0 Å². The molecule has 0 N–H and O–H groups in total. The molecule has 1 aromatic rings. The molecule has 68 valence electrons. The molecule has 0 saturated carbocycles. The van der Waals surface area contributed by atoms with Crippen LogP contribution in [0.5, 0.6) is 0 Å². The van der Waals surface area contributed by atoms with E-state index in [0.29, 0.717) is 0 Å². The molecule has 5 heteroatoms. The van der Waals surface area contributed by atoms with Crippen LogP contribution < -0.4 is 0 Å². The molecule has 0 aliphatic heterocycles. The van der Waals surface area contributed by atoms with Crippen LogP contribution in [0.1, 0.15) is 31.2 Å². The van der Waals surface area contributed by atoms with Gasteiger partial charge in [0, 0.05) is 0 Å². The number of hydrogen-bond donors (Lipinski definition) is 0. The lowest BCUT2D eigenvalue weighted by Gasteiger charge is -2.06. The Bertz CT molecular complexity index is 264. The SMILES string of the molecule is CC(C)c1ncoc1C(F)(F)F. The second kappa shape index (κ2) is 2.80. The van der Waals surface area contributed by atoms with E-state index < -0.39 is 11.9 Å². The zero-order valence-corrected chi connectivity index (χ0v) is 6.64.